The fourth-order valence-electron chi connectivity index (χ4n) is 1.72. The van der Waals surface area contributed by atoms with Crippen molar-refractivity contribution in [1.29, 1.82) is 0 Å². The smallest absolute Gasteiger partial charge is 0.0172 e. The summed E-state index contributed by atoms with van der Waals surface area (Å²) in [6.45, 7) is 2.09. The summed E-state index contributed by atoms with van der Waals surface area (Å²) in [7, 11) is 0. The van der Waals surface area contributed by atoms with Crippen LogP contribution in [-0.2, 0) is 0 Å². The normalized spacial score (nSPS) is 41.2. The molecule has 1 aliphatic rings. The summed E-state index contributed by atoms with van der Waals surface area (Å²) in [4.78, 5) is 0. The molecule has 0 N–H and O–H groups in total. The van der Waals surface area contributed by atoms with Crippen LogP contribution in [0.4, 0.5) is 0 Å². The molecule has 0 aromatic carbocycles. The highest BCUT2D eigenvalue weighted by Crippen LogP contribution is 2.39. The van der Waals surface area contributed by atoms with Crippen LogP contribution in [-0.4, -0.2) is 21.0 Å². The van der Waals surface area contributed by atoms with E-state index in [-0.39, 0.29) is 0 Å². The number of thiol groups is 4. The molecular weight excluding hydrogens is 224 g/mol. The summed E-state index contributed by atoms with van der Waals surface area (Å²) in [6, 6.07) is 0. The second kappa shape index (κ2) is 4.76. The van der Waals surface area contributed by atoms with Gasteiger partial charge in [0.15, 0.2) is 0 Å². The molecule has 0 amide bonds. The van der Waals surface area contributed by atoms with Crippen molar-refractivity contribution in [2.75, 3.05) is 0 Å². The molecule has 1 saturated carbocycles. The van der Waals surface area contributed by atoms with Gasteiger partial charge < -0.3 is 0 Å². The third-order valence-corrected chi connectivity index (χ3v) is 5.51. The van der Waals surface area contributed by atoms with Crippen molar-refractivity contribution >= 4 is 50.5 Å². The van der Waals surface area contributed by atoms with Crippen LogP contribution >= 0.6 is 50.5 Å². The minimum Gasteiger partial charge on any atom is -0.175 e. The predicted octanol–water partition coefficient (Wildman–Crippen LogP) is 2.61. The minimum atomic E-state index is 0.339. The summed E-state index contributed by atoms with van der Waals surface area (Å²) in [5, 5.41) is 1.53. The van der Waals surface area contributed by atoms with Crippen LogP contribution in [0.15, 0.2) is 0 Å². The zero-order chi connectivity index (χ0) is 9.30. The van der Waals surface area contributed by atoms with E-state index in [0.717, 1.165) is 0 Å². The van der Waals surface area contributed by atoms with Gasteiger partial charge in [-0.1, -0.05) is 6.92 Å². The molecule has 0 heterocycles. The molecule has 0 radical (unpaired) electrons. The molecule has 4 heteroatoms. The lowest BCUT2D eigenvalue weighted by Crippen LogP contribution is -2.29. The first-order valence-corrected chi connectivity index (χ1v) is 6.33. The highest BCUT2D eigenvalue weighted by molar-refractivity contribution is 7.86. The zero-order valence-corrected chi connectivity index (χ0v) is 10.7. The van der Waals surface area contributed by atoms with Gasteiger partial charge in [0.1, 0.15) is 0 Å². The van der Waals surface area contributed by atoms with Gasteiger partial charge in [0.05, 0.1) is 0 Å². The Balaban J connectivity index is 2.53. The lowest BCUT2D eigenvalue weighted by molar-refractivity contribution is 0.534. The molecular formula is C8H16S4. The molecule has 5 unspecified atom stereocenters. The van der Waals surface area contributed by atoms with Crippen molar-refractivity contribution in [3.8, 4) is 0 Å². The fraction of sp³-hybridized carbons (Fsp3) is 1.00. The zero-order valence-electron chi connectivity index (χ0n) is 7.09. The van der Waals surface area contributed by atoms with Gasteiger partial charge in [-0.2, -0.15) is 50.5 Å². The molecule has 0 bridgehead atoms. The Bertz CT molecular complexity index is 148. The van der Waals surface area contributed by atoms with Gasteiger partial charge in [0.25, 0.3) is 0 Å². The highest BCUT2D eigenvalue weighted by Gasteiger charge is 2.36. The minimum absolute atomic E-state index is 0.339. The first kappa shape index (κ1) is 11.5. The summed E-state index contributed by atoms with van der Waals surface area (Å²) in [5.41, 5.74) is 0. The van der Waals surface area contributed by atoms with Crippen molar-refractivity contribution in [3.63, 3.8) is 0 Å². The largest absolute Gasteiger partial charge is 0.175 e. The monoisotopic (exact) mass is 240 g/mol. The topological polar surface area (TPSA) is 0 Å². The van der Waals surface area contributed by atoms with Gasteiger partial charge >= 0.3 is 0 Å². The number of hydrogen-bond donors (Lipinski definition) is 4. The molecule has 5 atom stereocenters. The Hall–Kier alpha value is 1.40. The molecule has 1 fully saturated rings. The van der Waals surface area contributed by atoms with Crippen molar-refractivity contribution in [2.24, 2.45) is 5.92 Å². The quantitative estimate of drug-likeness (QED) is 0.524. The van der Waals surface area contributed by atoms with E-state index in [1.165, 1.54) is 12.8 Å². The first-order chi connectivity index (χ1) is 5.54. The van der Waals surface area contributed by atoms with E-state index in [4.69, 9.17) is 0 Å². The molecule has 72 valence electrons. The van der Waals surface area contributed by atoms with Crippen LogP contribution in [0.25, 0.3) is 0 Å². The SMILES string of the molecule is CC(S)C(S)C1CCC(S)C1S. The Morgan fingerprint density at radius 2 is 1.75 bits per heavy atom. The molecule has 0 saturated heterocycles. The summed E-state index contributed by atoms with van der Waals surface area (Å²) in [5.74, 6) is 0.576. The predicted molar refractivity (Wildman–Crippen MR) is 69.5 cm³/mol. The average molecular weight is 240 g/mol. The highest BCUT2D eigenvalue weighted by atomic mass is 32.1. The Morgan fingerprint density at radius 1 is 1.17 bits per heavy atom. The molecule has 0 spiro atoms. The molecule has 1 aliphatic carbocycles. The maximum absolute atomic E-state index is 4.56. The first-order valence-electron chi connectivity index (χ1n) is 4.26. The van der Waals surface area contributed by atoms with Crippen LogP contribution < -0.4 is 0 Å². The van der Waals surface area contributed by atoms with E-state index in [0.29, 0.717) is 26.9 Å². The maximum Gasteiger partial charge on any atom is 0.0172 e. The standard InChI is InChI=1S/C8H16S4/c1-4(9)7(11)5-2-3-6(10)8(5)12/h4-12H,2-3H2,1H3. The van der Waals surface area contributed by atoms with Crippen LogP contribution in [0.5, 0.6) is 0 Å². The lowest BCUT2D eigenvalue weighted by Gasteiger charge is -2.25. The van der Waals surface area contributed by atoms with Crippen molar-refractivity contribution in [3.05, 3.63) is 0 Å². The molecule has 12 heavy (non-hydrogen) atoms. The fourth-order valence-corrected chi connectivity index (χ4v) is 3.27. The summed E-state index contributed by atoms with van der Waals surface area (Å²) >= 11 is 18.0. The van der Waals surface area contributed by atoms with E-state index < -0.39 is 0 Å². The van der Waals surface area contributed by atoms with Crippen molar-refractivity contribution in [2.45, 2.75) is 40.8 Å². The Kier molecular flexibility index (Phi) is 4.55. The second-order valence-electron chi connectivity index (χ2n) is 3.53. The van der Waals surface area contributed by atoms with E-state index in [2.05, 4.69) is 57.4 Å². The van der Waals surface area contributed by atoms with Gasteiger partial charge in [0, 0.05) is 21.0 Å². The Morgan fingerprint density at radius 3 is 2.08 bits per heavy atom. The van der Waals surface area contributed by atoms with Crippen LogP contribution in [0.3, 0.4) is 0 Å². The molecule has 0 nitrogen and oxygen atoms in total. The number of hydrogen-bond acceptors (Lipinski definition) is 4. The Labute approximate surface area is 96.9 Å². The van der Waals surface area contributed by atoms with E-state index in [1.54, 1.807) is 0 Å². The van der Waals surface area contributed by atoms with Crippen molar-refractivity contribution < 1.29 is 0 Å². The van der Waals surface area contributed by atoms with Crippen LogP contribution in [0, 0.1) is 5.92 Å². The third-order valence-electron chi connectivity index (χ3n) is 2.56. The van der Waals surface area contributed by atoms with Gasteiger partial charge in [-0.3, -0.25) is 0 Å². The maximum atomic E-state index is 4.56. The van der Waals surface area contributed by atoms with E-state index >= 15 is 0 Å². The van der Waals surface area contributed by atoms with Crippen LogP contribution in [0.2, 0.25) is 0 Å². The van der Waals surface area contributed by atoms with Gasteiger partial charge in [-0.05, 0) is 18.8 Å². The van der Waals surface area contributed by atoms with Gasteiger partial charge in [-0.25, -0.2) is 0 Å². The molecule has 1 rings (SSSR count). The molecule has 0 aromatic rings. The third kappa shape index (κ3) is 2.46. The molecule has 0 aromatic heterocycles. The van der Waals surface area contributed by atoms with E-state index in [9.17, 15) is 0 Å². The second-order valence-corrected chi connectivity index (χ2v) is 6.20. The lowest BCUT2D eigenvalue weighted by atomic mass is 10.0. The van der Waals surface area contributed by atoms with Gasteiger partial charge in [-0.15, -0.1) is 0 Å². The van der Waals surface area contributed by atoms with Crippen molar-refractivity contribution in [1.82, 2.24) is 0 Å². The average Bonchev–Trinajstić information content (AvgIpc) is 2.32. The number of rotatable bonds is 2. The van der Waals surface area contributed by atoms with E-state index in [1.807, 2.05) is 0 Å². The summed E-state index contributed by atoms with van der Waals surface area (Å²) < 4.78 is 0. The van der Waals surface area contributed by atoms with Gasteiger partial charge in [0.2, 0.25) is 0 Å². The molecule has 0 aliphatic heterocycles. The van der Waals surface area contributed by atoms with Crippen LogP contribution in [0.1, 0.15) is 19.8 Å². The summed E-state index contributed by atoms with van der Waals surface area (Å²) in [6.07, 6.45) is 2.36.